The smallest absolute Gasteiger partial charge is 0.0946 e. The van der Waals surface area contributed by atoms with Crippen molar-refractivity contribution in [1.82, 2.24) is 9.55 Å². The number of hydrogen-bond acceptors (Lipinski definition) is 3. The third kappa shape index (κ3) is 1.82. The van der Waals surface area contributed by atoms with Gasteiger partial charge in [0.25, 0.3) is 0 Å². The summed E-state index contributed by atoms with van der Waals surface area (Å²) in [6, 6.07) is -0.186. The minimum atomic E-state index is -0.186. The maximum atomic E-state index is 8.57. The topological polar surface area (TPSA) is 64.1 Å². The first-order valence-corrected chi connectivity index (χ1v) is 3.15. The largest absolute Gasteiger partial charge is 0.395 e. The first-order valence-electron chi connectivity index (χ1n) is 3.15. The van der Waals surface area contributed by atoms with E-state index in [1.54, 1.807) is 12.5 Å². The van der Waals surface area contributed by atoms with Crippen molar-refractivity contribution in [3.63, 3.8) is 0 Å². The molecule has 1 rings (SSSR count). The van der Waals surface area contributed by atoms with Gasteiger partial charge in [-0.05, 0) is 0 Å². The fraction of sp³-hybridized carbons (Fsp3) is 0.500. The summed E-state index contributed by atoms with van der Waals surface area (Å²) in [6.45, 7) is 0.634. The minimum Gasteiger partial charge on any atom is -0.395 e. The molecular formula is C6H11N3O. The summed E-state index contributed by atoms with van der Waals surface area (Å²) in [4.78, 5) is 3.84. The average Bonchev–Trinajstić information content (AvgIpc) is 2.40. The Morgan fingerprint density at radius 2 is 2.50 bits per heavy atom. The second-order valence-electron chi connectivity index (χ2n) is 2.20. The van der Waals surface area contributed by atoms with Crippen LogP contribution < -0.4 is 5.73 Å². The summed E-state index contributed by atoms with van der Waals surface area (Å²) >= 11 is 0. The van der Waals surface area contributed by atoms with E-state index < -0.39 is 0 Å². The number of rotatable bonds is 3. The number of hydrogen-bond donors (Lipinski definition) is 2. The standard InChI is InChI=1S/C6H11N3O/c7-6(4-10)3-9-2-1-8-5-9/h1-2,5-6,10H,3-4,7H2. The van der Waals surface area contributed by atoms with Gasteiger partial charge in [-0.1, -0.05) is 0 Å². The van der Waals surface area contributed by atoms with Gasteiger partial charge in [0.2, 0.25) is 0 Å². The van der Waals surface area contributed by atoms with Crippen molar-refractivity contribution in [3.05, 3.63) is 18.7 Å². The molecule has 3 N–H and O–H groups in total. The number of aliphatic hydroxyl groups excluding tert-OH is 1. The van der Waals surface area contributed by atoms with Gasteiger partial charge < -0.3 is 15.4 Å². The quantitative estimate of drug-likeness (QED) is 0.579. The zero-order valence-corrected chi connectivity index (χ0v) is 5.64. The maximum absolute atomic E-state index is 8.57. The van der Waals surface area contributed by atoms with Gasteiger partial charge in [0.15, 0.2) is 0 Å². The molecule has 1 aromatic rings. The Morgan fingerprint density at radius 1 is 1.70 bits per heavy atom. The van der Waals surface area contributed by atoms with E-state index in [1.807, 2.05) is 10.8 Å². The molecule has 1 atom stereocenters. The molecule has 1 aromatic heterocycles. The first-order chi connectivity index (χ1) is 4.83. The lowest BCUT2D eigenvalue weighted by atomic mass is 10.3. The molecule has 1 heterocycles. The van der Waals surface area contributed by atoms with Gasteiger partial charge in [-0.15, -0.1) is 0 Å². The highest BCUT2D eigenvalue weighted by Gasteiger charge is 1.98. The highest BCUT2D eigenvalue weighted by Crippen LogP contribution is 1.87. The van der Waals surface area contributed by atoms with Crippen LogP contribution in [0.25, 0.3) is 0 Å². The monoisotopic (exact) mass is 141 g/mol. The van der Waals surface area contributed by atoms with E-state index in [1.165, 1.54) is 0 Å². The predicted molar refractivity (Wildman–Crippen MR) is 37.3 cm³/mol. The molecule has 10 heavy (non-hydrogen) atoms. The van der Waals surface area contributed by atoms with Crippen LogP contribution >= 0.6 is 0 Å². The molecule has 4 nitrogen and oxygen atoms in total. The van der Waals surface area contributed by atoms with Crippen molar-refractivity contribution in [1.29, 1.82) is 0 Å². The lowest BCUT2D eigenvalue weighted by Crippen LogP contribution is -2.29. The van der Waals surface area contributed by atoms with Crippen molar-refractivity contribution in [2.75, 3.05) is 6.61 Å². The highest BCUT2D eigenvalue weighted by atomic mass is 16.3. The lowest BCUT2D eigenvalue weighted by Gasteiger charge is -2.07. The van der Waals surface area contributed by atoms with Gasteiger partial charge in [-0.25, -0.2) is 4.98 Å². The Morgan fingerprint density at radius 3 is 3.00 bits per heavy atom. The van der Waals surface area contributed by atoms with Gasteiger partial charge in [-0.2, -0.15) is 0 Å². The molecule has 0 saturated carbocycles. The molecule has 0 spiro atoms. The van der Waals surface area contributed by atoms with Crippen LogP contribution in [0, 0.1) is 0 Å². The number of nitrogens with zero attached hydrogens (tertiary/aromatic N) is 2. The van der Waals surface area contributed by atoms with E-state index in [2.05, 4.69) is 4.98 Å². The number of aromatic nitrogens is 2. The molecule has 0 saturated heterocycles. The molecule has 56 valence electrons. The van der Waals surface area contributed by atoms with Gasteiger partial charge >= 0.3 is 0 Å². The highest BCUT2D eigenvalue weighted by molar-refractivity contribution is 4.76. The molecule has 1 unspecified atom stereocenters. The third-order valence-electron chi connectivity index (χ3n) is 1.24. The molecule has 0 aromatic carbocycles. The molecule has 4 heteroatoms. The Labute approximate surface area is 59.3 Å². The molecule has 0 bridgehead atoms. The van der Waals surface area contributed by atoms with Gasteiger partial charge in [0.05, 0.1) is 12.9 Å². The van der Waals surface area contributed by atoms with Gasteiger partial charge in [0, 0.05) is 25.0 Å². The van der Waals surface area contributed by atoms with Crippen molar-refractivity contribution < 1.29 is 5.11 Å². The fourth-order valence-corrected chi connectivity index (χ4v) is 0.723. The van der Waals surface area contributed by atoms with E-state index in [4.69, 9.17) is 10.8 Å². The number of aliphatic hydroxyl groups is 1. The number of imidazole rings is 1. The summed E-state index contributed by atoms with van der Waals surface area (Å²) in [7, 11) is 0. The van der Waals surface area contributed by atoms with E-state index in [-0.39, 0.29) is 12.6 Å². The van der Waals surface area contributed by atoms with E-state index in [0.29, 0.717) is 6.54 Å². The van der Waals surface area contributed by atoms with Gasteiger partial charge in [-0.3, -0.25) is 0 Å². The van der Waals surface area contributed by atoms with E-state index in [9.17, 15) is 0 Å². The van der Waals surface area contributed by atoms with Crippen LogP contribution in [-0.2, 0) is 6.54 Å². The van der Waals surface area contributed by atoms with Crippen molar-refractivity contribution in [3.8, 4) is 0 Å². The second kappa shape index (κ2) is 3.34. The Hall–Kier alpha value is -0.870. The SMILES string of the molecule is NC(CO)Cn1ccnc1. The van der Waals surface area contributed by atoms with Crippen LogP contribution in [0.2, 0.25) is 0 Å². The van der Waals surface area contributed by atoms with Crippen LogP contribution in [0.3, 0.4) is 0 Å². The Kier molecular flexibility index (Phi) is 2.42. The summed E-state index contributed by atoms with van der Waals surface area (Å²) in [5.41, 5.74) is 5.47. The molecule has 0 aliphatic heterocycles. The maximum Gasteiger partial charge on any atom is 0.0946 e. The summed E-state index contributed by atoms with van der Waals surface area (Å²) < 4.78 is 1.83. The van der Waals surface area contributed by atoms with Crippen LogP contribution in [0.1, 0.15) is 0 Å². The van der Waals surface area contributed by atoms with Crippen LogP contribution in [0.5, 0.6) is 0 Å². The molecule has 0 aliphatic carbocycles. The molecule has 0 fully saturated rings. The van der Waals surface area contributed by atoms with Crippen molar-refractivity contribution in [2.45, 2.75) is 12.6 Å². The Balaban J connectivity index is 2.40. The van der Waals surface area contributed by atoms with Gasteiger partial charge in [0.1, 0.15) is 0 Å². The van der Waals surface area contributed by atoms with Crippen LogP contribution in [0.15, 0.2) is 18.7 Å². The molecule has 0 aliphatic rings. The molecular weight excluding hydrogens is 130 g/mol. The van der Waals surface area contributed by atoms with E-state index >= 15 is 0 Å². The normalized spacial score (nSPS) is 13.4. The third-order valence-corrected chi connectivity index (χ3v) is 1.24. The van der Waals surface area contributed by atoms with E-state index in [0.717, 1.165) is 0 Å². The Bertz CT molecular complexity index is 173. The zero-order chi connectivity index (χ0) is 7.40. The van der Waals surface area contributed by atoms with Crippen molar-refractivity contribution >= 4 is 0 Å². The van der Waals surface area contributed by atoms with Crippen LogP contribution in [0.4, 0.5) is 0 Å². The zero-order valence-electron chi connectivity index (χ0n) is 5.64. The average molecular weight is 141 g/mol. The first kappa shape index (κ1) is 7.24. The molecule has 0 amide bonds. The lowest BCUT2D eigenvalue weighted by molar-refractivity contribution is 0.254. The minimum absolute atomic E-state index is 0.0121. The predicted octanol–water partition coefficient (Wildman–Crippen LogP) is -0.797. The number of nitrogens with two attached hydrogens (primary N) is 1. The molecule has 0 radical (unpaired) electrons. The fourth-order valence-electron chi connectivity index (χ4n) is 0.723. The second-order valence-corrected chi connectivity index (χ2v) is 2.20. The summed E-state index contributed by atoms with van der Waals surface area (Å²) in [5, 5.41) is 8.57. The summed E-state index contributed by atoms with van der Waals surface area (Å²) in [5.74, 6) is 0. The van der Waals surface area contributed by atoms with Crippen LogP contribution in [-0.4, -0.2) is 27.3 Å². The summed E-state index contributed by atoms with van der Waals surface area (Å²) in [6.07, 6.45) is 5.18. The van der Waals surface area contributed by atoms with Crippen molar-refractivity contribution in [2.24, 2.45) is 5.73 Å².